The minimum atomic E-state index is -1.60. The fraction of sp³-hybridized carbons (Fsp3) is 0.688. The largest absolute Gasteiger partial charge is 0.472 e. The molecule has 5 rings (SSSR count). The SMILES string of the molecule is C/C=C(\C)C(=O)O[C@@H]1C2CC3C(CC[C@]4(C)C3CC(=O)O[C@H]4c3ccoc3)[C@@](C)(C2=O)C(C(O)C(=O)OC)C1(C)C. The summed E-state index contributed by atoms with van der Waals surface area (Å²) in [5, 5.41) is 11.5. The number of carbonyl (C=O) groups is 4. The Morgan fingerprint density at radius 1 is 1.17 bits per heavy atom. The molecule has 224 valence electrons. The maximum absolute atomic E-state index is 14.5. The normalized spacial score (nSPS) is 40.5. The van der Waals surface area contributed by atoms with Crippen LogP contribution in [0.2, 0.25) is 0 Å². The van der Waals surface area contributed by atoms with Crippen molar-refractivity contribution in [3.05, 3.63) is 35.8 Å². The molecule has 3 aliphatic carbocycles. The number of allylic oxidation sites excluding steroid dienone is 1. The molecule has 2 bridgehead atoms. The lowest BCUT2D eigenvalue weighted by Crippen LogP contribution is -2.71. The summed E-state index contributed by atoms with van der Waals surface area (Å²) in [4.78, 5) is 53.5. The fourth-order valence-electron chi connectivity index (χ4n) is 9.43. The third kappa shape index (κ3) is 4.21. The second-order valence-corrected chi connectivity index (χ2v) is 13.6. The lowest BCUT2D eigenvalue weighted by molar-refractivity contribution is -0.241. The highest BCUT2D eigenvalue weighted by atomic mass is 16.6. The van der Waals surface area contributed by atoms with Gasteiger partial charge in [-0.05, 0) is 56.9 Å². The first kappa shape index (κ1) is 29.5. The van der Waals surface area contributed by atoms with Crippen molar-refractivity contribution in [1.29, 1.82) is 0 Å². The molecule has 0 aromatic carbocycles. The predicted octanol–water partition coefficient (Wildman–Crippen LogP) is 4.58. The molecule has 41 heavy (non-hydrogen) atoms. The van der Waals surface area contributed by atoms with Crippen molar-refractivity contribution >= 4 is 23.7 Å². The van der Waals surface area contributed by atoms with E-state index in [1.54, 1.807) is 32.4 Å². The van der Waals surface area contributed by atoms with E-state index < -0.39 is 58.3 Å². The summed E-state index contributed by atoms with van der Waals surface area (Å²) in [5.41, 5.74) is -1.26. The molecule has 6 unspecified atom stereocenters. The number of esters is 3. The molecule has 9 heteroatoms. The molecule has 1 aromatic heterocycles. The van der Waals surface area contributed by atoms with Gasteiger partial charge in [-0.1, -0.05) is 33.8 Å². The Hall–Kier alpha value is -2.94. The minimum Gasteiger partial charge on any atom is -0.472 e. The number of ether oxygens (including phenoxy) is 3. The highest BCUT2D eigenvalue weighted by Crippen LogP contribution is 2.70. The highest BCUT2D eigenvalue weighted by molar-refractivity contribution is 5.93. The van der Waals surface area contributed by atoms with Gasteiger partial charge in [-0.15, -0.1) is 0 Å². The van der Waals surface area contributed by atoms with Crippen molar-refractivity contribution in [3.8, 4) is 0 Å². The molecule has 0 amide bonds. The van der Waals surface area contributed by atoms with Gasteiger partial charge in [0.05, 0.1) is 25.6 Å². The first-order valence-electron chi connectivity index (χ1n) is 14.6. The quantitative estimate of drug-likeness (QED) is 0.307. The molecule has 10 atom stereocenters. The van der Waals surface area contributed by atoms with Crippen molar-refractivity contribution in [3.63, 3.8) is 0 Å². The molecule has 9 nitrogen and oxygen atoms in total. The van der Waals surface area contributed by atoms with Crippen molar-refractivity contribution in [2.45, 2.75) is 85.5 Å². The van der Waals surface area contributed by atoms with Crippen LogP contribution in [0.3, 0.4) is 0 Å². The summed E-state index contributed by atoms with van der Waals surface area (Å²) in [7, 11) is 1.21. The van der Waals surface area contributed by atoms with Crippen LogP contribution in [0.15, 0.2) is 34.7 Å². The van der Waals surface area contributed by atoms with Gasteiger partial charge >= 0.3 is 17.9 Å². The van der Waals surface area contributed by atoms with E-state index in [2.05, 4.69) is 6.92 Å². The van der Waals surface area contributed by atoms with E-state index in [9.17, 15) is 24.3 Å². The van der Waals surface area contributed by atoms with Crippen LogP contribution < -0.4 is 0 Å². The number of fused-ring (bicyclic) bond motifs is 6. The summed E-state index contributed by atoms with van der Waals surface area (Å²) in [5.74, 6) is -3.72. The summed E-state index contributed by atoms with van der Waals surface area (Å²) >= 11 is 0. The number of carbonyl (C=O) groups excluding carboxylic acids is 4. The van der Waals surface area contributed by atoms with E-state index >= 15 is 0 Å². The zero-order valence-corrected chi connectivity index (χ0v) is 25.0. The molecular formula is C32H42O9. The molecule has 0 radical (unpaired) electrons. The van der Waals surface area contributed by atoms with Crippen molar-refractivity contribution < 1.29 is 42.9 Å². The first-order chi connectivity index (χ1) is 19.2. The number of rotatable bonds is 5. The Labute approximate surface area is 241 Å². The Kier molecular flexibility index (Phi) is 7.28. The van der Waals surface area contributed by atoms with Crippen LogP contribution in [0.4, 0.5) is 0 Å². The second-order valence-electron chi connectivity index (χ2n) is 13.6. The van der Waals surface area contributed by atoms with E-state index in [0.29, 0.717) is 24.8 Å². The topological polar surface area (TPSA) is 129 Å². The van der Waals surface area contributed by atoms with Crippen LogP contribution in [-0.2, 0) is 33.4 Å². The molecular weight excluding hydrogens is 528 g/mol. The predicted molar refractivity (Wildman–Crippen MR) is 146 cm³/mol. The number of aliphatic hydroxyl groups is 1. The van der Waals surface area contributed by atoms with E-state index in [4.69, 9.17) is 18.6 Å². The van der Waals surface area contributed by atoms with E-state index in [1.165, 1.54) is 7.11 Å². The number of Topliss-reactive ketones (excluding diaryl/α,β-unsaturated/α-hetero) is 1. The third-order valence-corrected chi connectivity index (χ3v) is 11.4. The number of aliphatic hydroxyl groups excluding tert-OH is 1. The average molecular weight is 571 g/mol. The van der Waals surface area contributed by atoms with Crippen molar-refractivity contribution in [1.82, 2.24) is 0 Å². The van der Waals surface area contributed by atoms with Gasteiger partial charge < -0.3 is 23.7 Å². The van der Waals surface area contributed by atoms with E-state index in [1.807, 2.05) is 26.8 Å². The number of furan rings is 1. The number of methoxy groups -OCH3 is 1. The van der Waals surface area contributed by atoms with Gasteiger partial charge in [0.15, 0.2) is 6.10 Å². The van der Waals surface area contributed by atoms with Crippen molar-refractivity contribution in [2.24, 2.45) is 45.8 Å². The van der Waals surface area contributed by atoms with Gasteiger partial charge in [0.2, 0.25) is 0 Å². The van der Waals surface area contributed by atoms with E-state index in [-0.39, 0.29) is 35.9 Å². The van der Waals surface area contributed by atoms with Crippen LogP contribution in [0.5, 0.6) is 0 Å². The fourth-order valence-corrected chi connectivity index (χ4v) is 9.43. The van der Waals surface area contributed by atoms with Gasteiger partial charge in [-0.3, -0.25) is 9.59 Å². The standard InChI is InChI=1S/C32H42O9/c1-8-16(2)28(36)41-27-19-13-18-20(32(6,25(19)35)24(30(27,3)4)23(34)29(37)38-7)9-11-31(5)21(18)14-22(33)40-26(31)17-10-12-39-15-17/h8,10,12,15,18-21,23-24,26-27,34H,9,11,13-14H2,1-7H3/b16-8+/t18?,19?,20?,21?,23?,24?,26-,27+,31+,32+/m0/s1. The average Bonchev–Trinajstić information content (AvgIpc) is 3.46. The van der Waals surface area contributed by atoms with Crippen LogP contribution >= 0.6 is 0 Å². The molecule has 1 N–H and O–H groups in total. The summed E-state index contributed by atoms with van der Waals surface area (Å²) in [6.45, 7) is 11.1. The zero-order chi connectivity index (χ0) is 30.1. The molecule has 4 fully saturated rings. The number of hydrogen-bond acceptors (Lipinski definition) is 9. The Morgan fingerprint density at radius 3 is 2.49 bits per heavy atom. The van der Waals surface area contributed by atoms with Crippen LogP contribution in [-0.4, -0.2) is 48.1 Å². The maximum atomic E-state index is 14.5. The van der Waals surface area contributed by atoms with Crippen molar-refractivity contribution in [2.75, 3.05) is 7.11 Å². The van der Waals surface area contributed by atoms with Crippen LogP contribution in [0, 0.1) is 45.8 Å². The molecule has 3 saturated carbocycles. The van der Waals surface area contributed by atoms with Crippen LogP contribution in [0.1, 0.15) is 78.9 Å². The van der Waals surface area contributed by atoms with Gasteiger partial charge in [-0.2, -0.15) is 0 Å². The van der Waals surface area contributed by atoms with Gasteiger partial charge in [-0.25, -0.2) is 9.59 Å². The molecule has 1 aliphatic heterocycles. The lowest BCUT2D eigenvalue weighted by Gasteiger charge is -2.67. The molecule has 2 heterocycles. The minimum absolute atomic E-state index is 0.101. The Balaban J connectivity index is 1.64. The summed E-state index contributed by atoms with van der Waals surface area (Å²) in [6.07, 6.45) is 3.86. The smallest absolute Gasteiger partial charge is 0.335 e. The molecule has 0 spiro atoms. The number of cyclic esters (lactones) is 1. The highest BCUT2D eigenvalue weighted by Gasteiger charge is 2.72. The molecule has 4 aliphatic rings. The number of ketones is 1. The lowest BCUT2D eigenvalue weighted by atomic mass is 9.37. The van der Waals surface area contributed by atoms with Crippen LogP contribution in [0.25, 0.3) is 0 Å². The zero-order valence-electron chi connectivity index (χ0n) is 25.0. The second kappa shape index (κ2) is 10.1. The number of hydrogen-bond donors (Lipinski definition) is 1. The van der Waals surface area contributed by atoms with E-state index in [0.717, 1.165) is 5.56 Å². The monoisotopic (exact) mass is 570 g/mol. The summed E-state index contributed by atoms with van der Waals surface area (Å²) in [6, 6.07) is 1.82. The first-order valence-corrected chi connectivity index (χ1v) is 14.6. The molecule has 1 saturated heterocycles. The van der Waals surface area contributed by atoms with Gasteiger partial charge in [0.25, 0.3) is 0 Å². The Bertz CT molecular complexity index is 1260. The maximum Gasteiger partial charge on any atom is 0.335 e. The third-order valence-electron chi connectivity index (χ3n) is 11.4. The summed E-state index contributed by atoms with van der Waals surface area (Å²) < 4.78 is 22.3. The van der Waals surface area contributed by atoms with Gasteiger partial charge in [0, 0.05) is 39.7 Å². The Morgan fingerprint density at radius 2 is 1.88 bits per heavy atom. The van der Waals surface area contributed by atoms with Gasteiger partial charge in [0.1, 0.15) is 18.0 Å². The molecule has 1 aromatic rings.